The summed E-state index contributed by atoms with van der Waals surface area (Å²) in [5.41, 5.74) is 0.861. The molecular weight excluding hydrogens is 370 g/mol. The summed E-state index contributed by atoms with van der Waals surface area (Å²) < 4.78 is 0. The monoisotopic (exact) mass is 401 g/mol. The molecule has 0 bridgehead atoms. The van der Waals surface area contributed by atoms with Crippen LogP contribution in [0.2, 0.25) is 0 Å². The van der Waals surface area contributed by atoms with Crippen LogP contribution in [0.1, 0.15) is 33.6 Å². The van der Waals surface area contributed by atoms with Crippen LogP contribution in [-0.4, -0.2) is 48.9 Å². The molecule has 6 heteroatoms. The normalized spacial score (nSPS) is 16.2. The predicted octanol–water partition coefficient (Wildman–Crippen LogP) is 3.82. The molecule has 1 unspecified atom stereocenters. The summed E-state index contributed by atoms with van der Waals surface area (Å²) >= 11 is 1.35. The Bertz CT molecular complexity index is 728. The molecular formula is C22H31N3O2S. The van der Waals surface area contributed by atoms with Gasteiger partial charge in [-0.1, -0.05) is 43.8 Å². The second kappa shape index (κ2) is 11.1. The molecule has 1 aromatic carbocycles. The van der Waals surface area contributed by atoms with Gasteiger partial charge >= 0.3 is 0 Å². The predicted molar refractivity (Wildman–Crippen MR) is 118 cm³/mol. The Kier molecular flexibility index (Phi) is 8.80. The van der Waals surface area contributed by atoms with Gasteiger partial charge < -0.3 is 15.1 Å². The van der Waals surface area contributed by atoms with E-state index in [1.54, 1.807) is 11.0 Å². The van der Waals surface area contributed by atoms with Crippen LogP contribution in [0.3, 0.4) is 0 Å². The van der Waals surface area contributed by atoms with Crippen molar-refractivity contribution in [2.24, 2.45) is 0 Å². The molecule has 2 amide bonds. The molecule has 0 spiro atoms. The van der Waals surface area contributed by atoms with Gasteiger partial charge in [0, 0.05) is 23.6 Å². The van der Waals surface area contributed by atoms with Gasteiger partial charge in [-0.25, -0.2) is 0 Å². The zero-order chi connectivity index (χ0) is 20.5. The van der Waals surface area contributed by atoms with E-state index < -0.39 is 0 Å². The number of thioether (sulfide) groups is 1. The van der Waals surface area contributed by atoms with E-state index in [0.29, 0.717) is 11.4 Å². The maximum Gasteiger partial charge on any atom is 0.265 e. The van der Waals surface area contributed by atoms with Crippen molar-refractivity contribution in [2.45, 2.75) is 44.6 Å². The minimum absolute atomic E-state index is 0.0696. The number of nitrogens with zero attached hydrogens (tertiary/aromatic N) is 2. The molecule has 1 atom stereocenters. The second-order valence-electron chi connectivity index (χ2n) is 6.86. The molecule has 1 aromatic rings. The number of anilines is 1. The Morgan fingerprint density at radius 3 is 2.71 bits per heavy atom. The third kappa shape index (κ3) is 5.97. The average Bonchev–Trinajstić information content (AvgIpc) is 2.68. The molecule has 1 N–H and O–H groups in total. The number of amides is 2. The van der Waals surface area contributed by atoms with Gasteiger partial charge in [0.25, 0.3) is 5.91 Å². The van der Waals surface area contributed by atoms with Crippen molar-refractivity contribution in [2.75, 3.05) is 31.1 Å². The van der Waals surface area contributed by atoms with Crippen molar-refractivity contribution in [1.82, 2.24) is 10.2 Å². The van der Waals surface area contributed by atoms with Crippen LogP contribution in [0.25, 0.3) is 0 Å². The van der Waals surface area contributed by atoms with E-state index in [1.807, 2.05) is 31.2 Å². The largest absolute Gasteiger partial charge is 0.350 e. The second-order valence-corrected chi connectivity index (χ2v) is 7.95. The highest BCUT2D eigenvalue weighted by molar-refractivity contribution is 8.04. The van der Waals surface area contributed by atoms with E-state index in [9.17, 15) is 9.59 Å². The number of carbonyl (C=O) groups is 2. The van der Waals surface area contributed by atoms with Gasteiger partial charge in [0.2, 0.25) is 5.91 Å². The first-order valence-corrected chi connectivity index (χ1v) is 10.8. The summed E-state index contributed by atoms with van der Waals surface area (Å²) in [6.07, 6.45) is 5.08. The molecule has 0 fully saturated rings. The molecule has 1 aliphatic heterocycles. The topological polar surface area (TPSA) is 52.7 Å². The van der Waals surface area contributed by atoms with Crippen molar-refractivity contribution in [1.29, 1.82) is 0 Å². The third-order valence-electron chi connectivity index (χ3n) is 4.80. The lowest BCUT2D eigenvalue weighted by Crippen LogP contribution is -2.36. The smallest absolute Gasteiger partial charge is 0.265 e. The van der Waals surface area contributed by atoms with Crippen LogP contribution in [0, 0.1) is 0 Å². The van der Waals surface area contributed by atoms with Crippen LogP contribution < -0.4 is 10.2 Å². The minimum Gasteiger partial charge on any atom is -0.350 e. The summed E-state index contributed by atoms with van der Waals surface area (Å²) in [4.78, 5) is 30.7. The van der Waals surface area contributed by atoms with Gasteiger partial charge in [-0.3, -0.25) is 9.59 Å². The first kappa shape index (κ1) is 22.2. The first-order chi connectivity index (χ1) is 13.5. The number of nitrogens with one attached hydrogen (secondary N) is 1. The van der Waals surface area contributed by atoms with Crippen molar-refractivity contribution in [3.05, 3.63) is 47.9 Å². The van der Waals surface area contributed by atoms with Crippen LogP contribution in [0.4, 0.5) is 5.69 Å². The van der Waals surface area contributed by atoms with Crippen molar-refractivity contribution >= 4 is 29.3 Å². The lowest BCUT2D eigenvalue weighted by molar-refractivity contribution is -0.118. The third-order valence-corrected chi connectivity index (χ3v) is 5.88. The number of carbonyl (C=O) groups excluding carboxylic acids is 2. The number of hydrogen-bond donors (Lipinski definition) is 1. The fourth-order valence-corrected chi connectivity index (χ4v) is 4.24. The van der Waals surface area contributed by atoms with Gasteiger partial charge in [0.1, 0.15) is 0 Å². The Labute approximate surface area is 172 Å². The van der Waals surface area contributed by atoms with Crippen LogP contribution in [0.15, 0.2) is 52.8 Å². The highest BCUT2D eigenvalue weighted by atomic mass is 32.2. The van der Waals surface area contributed by atoms with Crippen molar-refractivity contribution in [3.8, 4) is 0 Å². The van der Waals surface area contributed by atoms with Crippen molar-refractivity contribution < 1.29 is 9.59 Å². The Morgan fingerprint density at radius 2 is 2.04 bits per heavy atom. The summed E-state index contributed by atoms with van der Waals surface area (Å²) in [5, 5.41) is 2.99. The SMILES string of the molecule is C=CCN1C(=O)/C(=C\C(=O)NC(C)CCCN(CC)CC)Sc2ccccc21. The van der Waals surface area contributed by atoms with Gasteiger partial charge in [-0.15, -0.1) is 6.58 Å². The van der Waals surface area contributed by atoms with Crippen LogP contribution in [-0.2, 0) is 9.59 Å². The first-order valence-electron chi connectivity index (χ1n) is 9.94. The number of para-hydroxylation sites is 1. The summed E-state index contributed by atoms with van der Waals surface area (Å²) in [5.74, 6) is -0.378. The number of rotatable bonds is 10. The molecule has 0 aromatic heterocycles. The zero-order valence-corrected chi connectivity index (χ0v) is 17.9. The fraction of sp³-hybridized carbons (Fsp3) is 0.455. The zero-order valence-electron chi connectivity index (χ0n) is 17.1. The van der Waals surface area contributed by atoms with Gasteiger partial charge in [0.05, 0.1) is 10.6 Å². The highest BCUT2D eigenvalue weighted by Crippen LogP contribution is 2.41. The van der Waals surface area contributed by atoms with Gasteiger partial charge in [-0.05, 0) is 51.5 Å². The summed E-state index contributed by atoms with van der Waals surface area (Å²) in [6.45, 7) is 13.6. The standard InChI is InChI=1S/C22H31N3O2S/c1-5-14-25-18-12-8-9-13-19(18)28-20(22(25)27)16-21(26)23-17(4)11-10-15-24(6-2)7-3/h5,8-9,12-13,16-17H,1,6-7,10-11,14-15H2,2-4H3,(H,23,26)/b20-16+. The average molecular weight is 402 g/mol. The molecule has 0 radical (unpaired) electrons. The molecule has 1 aliphatic rings. The fourth-order valence-electron chi connectivity index (χ4n) is 3.21. The van der Waals surface area contributed by atoms with Crippen LogP contribution in [0.5, 0.6) is 0 Å². The van der Waals surface area contributed by atoms with Gasteiger partial charge in [-0.2, -0.15) is 0 Å². The molecule has 5 nitrogen and oxygen atoms in total. The maximum absolute atomic E-state index is 12.8. The Hall–Kier alpha value is -2.05. The Balaban J connectivity index is 1.99. The number of hydrogen-bond acceptors (Lipinski definition) is 4. The molecule has 0 aliphatic carbocycles. The number of fused-ring (bicyclic) bond motifs is 1. The lowest BCUT2D eigenvalue weighted by Gasteiger charge is -2.29. The molecule has 28 heavy (non-hydrogen) atoms. The highest BCUT2D eigenvalue weighted by Gasteiger charge is 2.28. The van der Waals surface area contributed by atoms with E-state index in [4.69, 9.17) is 0 Å². The lowest BCUT2D eigenvalue weighted by atomic mass is 10.1. The maximum atomic E-state index is 12.8. The van der Waals surface area contributed by atoms with E-state index in [-0.39, 0.29) is 17.9 Å². The summed E-state index contributed by atoms with van der Waals surface area (Å²) in [6, 6.07) is 7.79. The van der Waals surface area contributed by atoms with E-state index >= 15 is 0 Å². The molecule has 152 valence electrons. The molecule has 0 saturated carbocycles. The van der Waals surface area contributed by atoms with Crippen LogP contribution >= 0.6 is 11.8 Å². The molecule has 0 saturated heterocycles. The van der Waals surface area contributed by atoms with Crippen molar-refractivity contribution in [3.63, 3.8) is 0 Å². The van der Waals surface area contributed by atoms with E-state index in [2.05, 4.69) is 30.6 Å². The molecule has 1 heterocycles. The quantitative estimate of drug-likeness (QED) is 0.478. The summed E-state index contributed by atoms with van der Waals surface area (Å²) in [7, 11) is 0. The number of benzene rings is 1. The van der Waals surface area contributed by atoms with E-state index in [1.165, 1.54) is 17.8 Å². The van der Waals surface area contributed by atoms with Gasteiger partial charge in [0.15, 0.2) is 0 Å². The molecule has 2 rings (SSSR count). The minimum atomic E-state index is -0.218. The Morgan fingerprint density at radius 1 is 1.32 bits per heavy atom. The van der Waals surface area contributed by atoms with E-state index in [0.717, 1.165) is 43.1 Å².